The van der Waals surface area contributed by atoms with E-state index in [0.717, 1.165) is 18.0 Å². The molecule has 4 heteroatoms. The minimum absolute atomic E-state index is 0.161. The highest BCUT2D eigenvalue weighted by Gasteiger charge is 2.35. The van der Waals surface area contributed by atoms with Crippen LogP contribution >= 0.6 is 0 Å². The van der Waals surface area contributed by atoms with Crippen molar-refractivity contribution in [3.05, 3.63) is 23.8 Å². The maximum absolute atomic E-state index is 8.95. The SMILES string of the molecule is COc1ccc(C2(CNCCO)CCCC2)cc1OC. The third kappa shape index (κ3) is 3.07. The lowest BCUT2D eigenvalue weighted by Gasteiger charge is -2.30. The van der Waals surface area contributed by atoms with Gasteiger partial charge in [-0.3, -0.25) is 0 Å². The molecule has 0 aromatic heterocycles. The number of methoxy groups -OCH3 is 2. The van der Waals surface area contributed by atoms with Crippen LogP contribution in [0, 0.1) is 0 Å². The van der Waals surface area contributed by atoms with Gasteiger partial charge in [-0.15, -0.1) is 0 Å². The Bertz CT molecular complexity index is 428. The van der Waals surface area contributed by atoms with Gasteiger partial charge in [-0.1, -0.05) is 18.9 Å². The smallest absolute Gasteiger partial charge is 0.161 e. The summed E-state index contributed by atoms with van der Waals surface area (Å²) in [6, 6.07) is 6.23. The van der Waals surface area contributed by atoms with Gasteiger partial charge in [-0.2, -0.15) is 0 Å². The summed E-state index contributed by atoms with van der Waals surface area (Å²) in [7, 11) is 3.33. The summed E-state index contributed by atoms with van der Waals surface area (Å²) in [4.78, 5) is 0. The number of hydrogen-bond acceptors (Lipinski definition) is 4. The zero-order valence-corrected chi connectivity index (χ0v) is 12.4. The Morgan fingerprint density at radius 2 is 1.85 bits per heavy atom. The van der Waals surface area contributed by atoms with Crippen LogP contribution in [-0.4, -0.2) is 39.0 Å². The lowest BCUT2D eigenvalue weighted by atomic mass is 9.78. The van der Waals surface area contributed by atoms with E-state index in [1.165, 1.54) is 31.2 Å². The van der Waals surface area contributed by atoms with Crippen LogP contribution in [-0.2, 0) is 5.41 Å². The van der Waals surface area contributed by atoms with Crippen LogP contribution in [0.15, 0.2) is 18.2 Å². The van der Waals surface area contributed by atoms with E-state index < -0.39 is 0 Å². The molecule has 4 nitrogen and oxygen atoms in total. The molecule has 1 fully saturated rings. The van der Waals surface area contributed by atoms with Gasteiger partial charge >= 0.3 is 0 Å². The third-order valence-electron chi connectivity index (χ3n) is 4.31. The first kappa shape index (κ1) is 15.1. The second kappa shape index (κ2) is 6.95. The molecule has 1 aliphatic rings. The molecule has 1 aromatic carbocycles. The first-order valence-corrected chi connectivity index (χ1v) is 7.30. The molecule has 0 bridgehead atoms. The summed E-state index contributed by atoms with van der Waals surface area (Å²) in [5, 5.41) is 12.3. The zero-order valence-electron chi connectivity index (χ0n) is 12.4. The molecule has 20 heavy (non-hydrogen) atoms. The van der Waals surface area contributed by atoms with Gasteiger partial charge in [0, 0.05) is 18.5 Å². The summed E-state index contributed by atoms with van der Waals surface area (Å²) >= 11 is 0. The van der Waals surface area contributed by atoms with E-state index in [1.807, 2.05) is 6.07 Å². The summed E-state index contributed by atoms with van der Waals surface area (Å²) < 4.78 is 10.7. The molecule has 1 saturated carbocycles. The van der Waals surface area contributed by atoms with E-state index in [9.17, 15) is 0 Å². The van der Waals surface area contributed by atoms with Crippen LogP contribution in [0.5, 0.6) is 11.5 Å². The number of rotatable bonds is 7. The van der Waals surface area contributed by atoms with Crippen LogP contribution in [0.25, 0.3) is 0 Å². The molecule has 0 atom stereocenters. The first-order chi connectivity index (χ1) is 9.75. The monoisotopic (exact) mass is 279 g/mol. The average molecular weight is 279 g/mol. The maximum Gasteiger partial charge on any atom is 0.161 e. The molecule has 0 radical (unpaired) electrons. The van der Waals surface area contributed by atoms with Crippen LogP contribution in [0.4, 0.5) is 0 Å². The van der Waals surface area contributed by atoms with Crippen molar-refractivity contribution in [1.29, 1.82) is 0 Å². The number of aliphatic hydroxyl groups is 1. The summed E-state index contributed by atoms with van der Waals surface area (Å²) in [6.45, 7) is 1.74. The van der Waals surface area contributed by atoms with Gasteiger partial charge < -0.3 is 19.9 Å². The molecule has 1 aliphatic carbocycles. The van der Waals surface area contributed by atoms with Crippen LogP contribution in [0.3, 0.4) is 0 Å². The van der Waals surface area contributed by atoms with E-state index in [4.69, 9.17) is 14.6 Å². The number of nitrogens with one attached hydrogen (secondary N) is 1. The predicted octanol–water partition coefficient (Wildman–Crippen LogP) is 2.10. The van der Waals surface area contributed by atoms with Gasteiger partial charge in [0.2, 0.25) is 0 Å². The molecule has 112 valence electrons. The van der Waals surface area contributed by atoms with Gasteiger partial charge in [-0.25, -0.2) is 0 Å². The van der Waals surface area contributed by atoms with Crippen molar-refractivity contribution >= 4 is 0 Å². The van der Waals surface area contributed by atoms with Gasteiger partial charge in [0.15, 0.2) is 11.5 Å². The second-order valence-corrected chi connectivity index (χ2v) is 5.46. The Morgan fingerprint density at radius 3 is 2.45 bits per heavy atom. The normalized spacial score (nSPS) is 17.1. The summed E-state index contributed by atoms with van der Waals surface area (Å²) in [5.41, 5.74) is 1.47. The van der Waals surface area contributed by atoms with Crippen LogP contribution < -0.4 is 14.8 Å². The minimum Gasteiger partial charge on any atom is -0.493 e. The average Bonchev–Trinajstić information content (AvgIpc) is 2.97. The minimum atomic E-state index is 0.161. The lowest BCUT2D eigenvalue weighted by Crippen LogP contribution is -2.37. The molecular weight excluding hydrogens is 254 g/mol. The van der Waals surface area contributed by atoms with E-state index >= 15 is 0 Å². The van der Waals surface area contributed by atoms with E-state index in [1.54, 1.807) is 14.2 Å². The number of hydrogen-bond donors (Lipinski definition) is 2. The van der Waals surface area contributed by atoms with Gasteiger partial charge in [0.25, 0.3) is 0 Å². The number of aliphatic hydroxyl groups excluding tert-OH is 1. The standard InChI is InChI=1S/C16H25NO3/c1-19-14-6-5-13(11-15(14)20-2)16(7-3-4-8-16)12-17-9-10-18/h5-6,11,17-18H,3-4,7-10,12H2,1-2H3. The highest BCUT2D eigenvalue weighted by atomic mass is 16.5. The van der Waals surface area contributed by atoms with Gasteiger partial charge in [-0.05, 0) is 30.5 Å². The fourth-order valence-electron chi connectivity index (χ4n) is 3.19. The molecule has 0 aliphatic heterocycles. The summed E-state index contributed by atoms with van der Waals surface area (Å²) in [5.74, 6) is 1.56. The van der Waals surface area contributed by atoms with Crippen molar-refractivity contribution in [1.82, 2.24) is 5.32 Å². The molecule has 0 unspecified atom stereocenters. The van der Waals surface area contributed by atoms with Crippen LogP contribution in [0.1, 0.15) is 31.2 Å². The third-order valence-corrected chi connectivity index (χ3v) is 4.31. The Morgan fingerprint density at radius 1 is 1.15 bits per heavy atom. The highest BCUT2D eigenvalue weighted by molar-refractivity contribution is 5.45. The van der Waals surface area contributed by atoms with Crippen molar-refractivity contribution in [3.8, 4) is 11.5 Å². The molecule has 1 aromatic rings. The van der Waals surface area contributed by atoms with Crippen molar-refractivity contribution in [3.63, 3.8) is 0 Å². The summed E-state index contributed by atoms with van der Waals surface area (Å²) in [6.07, 6.45) is 4.88. The Hall–Kier alpha value is -1.26. The van der Waals surface area contributed by atoms with Crippen molar-refractivity contribution in [2.45, 2.75) is 31.1 Å². The Labute approximate surface area is 121 Å². The molecular formula is C16H25NO3. The van der Waals surface area contributed by atoms with Crippen molar-refractivity contribution < 1.29 is 14.6 Å². The number of ether oxygens (including phenoxy) is 2. The Kier molecular flexibility index (Phi) is 5.26. The highest BCUT2D eigenvalue weighted by Crippen LogP contribution is 2.43. The second-order valence-electron chi connectivity index (χ2n) is 5.46. The topological polar surface area (TPSA) is 50.7 Å². The maximum atomic E-state index is 8.95. The molecule has 0 saturated heterocycles. The van der Waals surface area contributed by atoms with Crippen molar-refractivity contribution in [2.75, 3.05) is 33.9 Å². The molecule has 2 N–H and O–H groups in total. The Balaban J connectivity index is 2.24. The van der Waals surface area contributed by atoms with Crippen molar-refractivity contribution in [2.24, 2.45) is 0 Å². The van der Waals surface area contributed by atoms with E-state index in [0.29, 0.717) is 6.54 Å². The fourth-order valence-corrected chi connectivity index (χ4v) is 3.19. The first-order valence-electron chi connectivity index (χ1n) is 7.30. The largest absolute Gasteiger partial charge is 0.493 e. The van der Waals surface area contributed by atoms with Gasteiger partial charge in [0.05, 0.1) is 20.8 Å². The predicted molar refractivity (Wildman–Crippen MR) is 79.6 cm³/mol. The van der Waals surface area contributed by atoms with Gasteiger partial charge in [0.1, 0.15) is 0 Å². The van der Waals surface area contributed by atoms with E-state index in [2.05, 4.69) is 17.4 Å². The lowest BCUT2D eigenvalue weighted by molar-refractivity contribution is 0.282. The molecule has 0 heterocycles. The molecule has 0 amide bonds. The van der Waals surface area contributed by atoms with E-state index in [-0.39, 0.29) is 12.0 Å². The molecule has 2 rings (SSSR count). The zero-order chi connectivity index (χ0) is 14.4. The molecule has 0 spiro atoms. The fraction of sp³-hybridized carbons (Fsp3) is 0.625. The number of benzene rings is 1. The quantitative estimate of drug-likeness (QED) is 0.751. The van der Waals surface area contributed by atoms with Crippen LogP contribution in [0.2, 0.25) is 0 Å².